The van der Waals surface area contributed by atoms with E-state index in [9.17, 15) is 10.5 Å². The third kappa shape index (κ3) is 2.89. The van der Waals surface area contributed by atoms with Crippen LogP contribution >= 0.6 is 0 Å². The zero-order chi connectivity index (χ0) is 31.7. The van der Waals surface area contributed by atoms with Gasteiger partial charge in [-0.3, -0.25) is 0 Å². The van der Waals surface area contributed by atoms with Gasteiger partial charge in [0.2, 0.25) is 0 Å². The Labute approximate surface area is 276 Å². The molecule has 2 aromatic heterocycles. The second-order valence-electron chi connectivity index (χ2n) is 13.1. The van der Waals surface area contributed by atoms with Gasteiger partial charge in [0.1, 0.15) is 0 Å². The molecule has 218 valence electrons. The van der Waals surface area contributed by atoms with Gasteiger partial charge >= 0.3 is 0 Å². The van der Waals surface area contributed by atoms with Gasteiger partial charge in [-0.05, 0) is 98.1 Å². The molecule has 0 N–H and O–H groups in total. The van der Waals surface area contributed by atoms with Gasteiger partial charge in [-0.15, -0.1) is 0 Å². The van der Waals surface area contributed by atoms with Crippen LogP contribution in [-0.4, -0.2) is 4.40 Å². The Morgan fingerprint density at radius 1 is 0.417 bits per heavy atom. The number of fused-ring (bicyclic) bond motifs is 16. The summed E-state index contributed by atoms with van der Waals surface area (Å²) < 4.78 is 2.24. The molecule has 7 aromatic carbocycles. The molecule has 11 rings (SSSR count). The largest absolute Gasteiger partial charge is 0.308 e. The highest BCUT2D eigenvalue weighted by molar-refractivity contribution is 6.24. The highest BCUT2D eigenvalue weighted by Gasteiger charge is 2.51. The van der Waals surface area contributed by atoms with Gasteiger partial charge in [0.25, 0.3) is 0 Å². The highest BCUT2D eigenvalue weighted by atomic mass is 14.9. The normalized spacial score (nSPS) is 13.5. The van der Waals surface area contributed by atoms with E-state index in [0.717, 1.165) is 49.2 Å². The average Bonchev–Trinajstić information content (AvgIpc) is 3.85. The molecular formula is C45H23N3. The van der Waals surface area contributed by atoms with Gasteiger partial charge in [0.05, 0.1) is 45.2 Å². The average molecular weight is 606 g/mol. The Kier molecular flexibility index (Phi) is 4.66. The molecule has 0 unspecified atom stereocenters. The molecule has 48 heavy (non-hydrogen) atoms. The Hall–Kier alpha value is -6.68. The van der Waals surface area contributed by atoms with Gasteiger partial charge in [-0.25, -0.2) is 0 Å². The Bertz CT molecular complexity index is 2820. The molecule has 0 atom stereocenters. The quantitative estimate of drug-likeness (QED) is 0.187. The Morgan fingerprint density at radius 2 is 0.896 bits per heavy atom. The standard InChI is InChI=1S/C45H23N3/c46-24-26-13-16-34-36-21-29(22-37-35-17-14-27(25-47)20-43(35)48(44(36)37)42(34)19-26)28-15-18-33-32-9-3-6-12-40(32)45(41(33)23-28)38-10-4-1-7-30(38)31-8-2-5-11-39(31)45/h1-23H. The molecular weight excluding hydrogens is 583 g/mol. The minimum atomic E-state index is -0.403. The van der Waals surface area contributed by atoms with Gasteiger partial charge in [0, 0.05) is 21.5 Å². The number of hydrogen-bond donors (Lipinski definition) is 0. The van der Waals surface area contributed by atoms with E-state index in [1.807, 2.05) is 24.3 Å². The molecule has 2 heterocycles. The fraction of sp³-hybridized carbons (Fsp3) is 0.0222. The van der Waals surface area contributed by atoms with Gasteiger partial charge in [-0.2, -0.15) is 10.5 Å². The maximum absolute atomic E-state index is 9.77. The van der Waals surface area contributed by atoms with E-state index in [1.165, 1.54) is 44.5 Å². The smallest absolute Gasteiger partial charge is 0.0992 e. The first kappa shape index (κ1) is 25.5. The van der Waals surface area contributed by atoms with Crippen molar-refractivity contribution >= 4 is 38.1 Å². The van der Waals surface area contributed by atoms with Crippen molar-refractivity contribution in [3.8, 4) is 45.5 Å². The van der Waals surface area contributed by atoms with Gasteiger partial charge < -0.3 is 4.40 Å². The molecule has 2 aliphatic carbocycles. The van der Waals surface area contributed by atoms with Crippen LogP contribution in [0, 0.1) is 22.7 Å². The van der Waals surface area contributed by atoms with Crippen LogP contribution in [0.25, 0.3) is 71.5 Å². The van der Waals surface area contributed by atoms with E-state index in [1.54, 1.807) is 0 Å². The number of hydrogen-bond acceptors (Lipinski definition) is 2. The Morgan fingerprint density at radius 3 is 1.40 bits per heavy atom. The van der Waals surface area contributed by atoms with Crippen LogP contribution in [0.15, 0.2) is 140 Å². The van der Waals surface area contributed by atoms with Crippen molar-refractivity contribution in [2.45, 2.75) is 5.41 Å². The molecule has 0 radical (unpaired) electrons. The predicted octanol–water partition coefficient (Wildman–Crippen LogP) is 10.6. The van der Waals surface area contributed by atoms with Gasteiger partial charge in [-0.1, -0.05) is 97.1 Å². The molecule has 0 saturated heterocycles. The zero-order valence-corrected chi connectivity index (χ0v) is 25.6. The summed E-state index contributed by atoms with van der Waals surface area (Å²) in [5.74, 6) is 0. The molecule has 0 aliphatic heterocycles. The SMILES string of the molecule is N#Cc1ccc2c3cc(-c4ccc5c(c4)C4(c6ccccc6-c6ccccc64)c4ccccc4-5)cc4c5ccc(C#N)cc5n(c2c1)c34. The van der Waals surface area contributed by atoms with E-state index >= 15 is 0 Å². The van der Waals surface area contributed by atoms with Crippen LogP contribution < -0.4 is 0 Å². The van der Waals surface area contributed by atoms with Crippen molar-refractivity contribution in [3.63, 3.8) is 0 Å². The molecule has 2 aliphatic rings. The summed E-state index contributed by atoms with van der Waals surface area (Å²) in [4.78, 5) is 0. The van der Waals surface area contributed by atoms with E-state index < -0.39 is 5.41 Å². The van der Waals surface area contributed by atoms with Crippen LogP contribution in [0.4, 0.5) is 0 Å². The van der Waals surface area contributed by atoms with Crippen LogP contribution in [0.3, 0.4) is 0 Å². The molecule has 3 heteroatoms. The predicted molar refractivity (Wildman–Crippen MR) is 192 cm³/mol. The maximum atomic E-state index is 9.77. The van der Waals surface area contributed by atoms with E-state index in [0.29, 0.717) is 11.1 Å². The second-order valence-corrected chi connectivity index (χ2v) is 13.1. The third-order valence-corrected chi connectivity index (χ3v) is 11.0. The summed E-state index contributed by atoms with van der Waals surface area (Å²) in [5.41, 5.74) is 16.7. The summed E-state index contributed by atoms with van der Waals surface area (Å²) >= 11 is 0. The number of rotatable bonds is 1. The summed E-state index contributed by atoms with van der Waals surface area (Å²) in [7, 11) is 0. The number of nitrogens with zero attached hydrogens (tertiary/aromatic N) is 3. The minimum absolute atomic E-state index is 0.403. The lowest BCUT2D eigenvalue weighted by Gasteiger charge is -2.30. The molecule has 0 saturated carbocycles. The lowest BCUT2D eigenvalue weighted by molar-refractivity contribution is 0.794. The van der Waals surface area contributed by atoms with Crippen LogP contribution in [0.5, 0.6) is 0 Å². The first-order valence-corrected chi connectivity index (χ1v) is 16.2. The van der Waals surface area contributed by atoms with Crippen molar-refractivity contribution < 1.29 is 0 Å². The second kappa shape index (κ2) is 8.77. The molecule has 0 amide bonds. The summed E-state index contributed by atoms with van der Waals surface area (Å²) in [6.45, 7) is 0. The van der Waals surface area contributed by atoms with Crippen molar-refractivity contribution in [1.29, 1.82) is 10.5 Å². The van der Waals surface area contributed by atoms with Crippen molar-refractivity contribution in [2.24, 2.45) is 0 Å². The fourth-order valence-electron chi connectivity index (χ4n) is 9.13. The summed E-state index contributed by atoms with van der Waals surface area (Å²) in [6, 6.07) is 54.9. The Balaban J connectivity index is 1.24. The summed E-state index contributed by atoms with van der Waals surface area (Å²) in [5, 5.41) is 24.0. The lowest BCUT2D eigenvalue weighted by Crippen LogP contribution is -2.25. The van der Waals surface area contributed by atoms with Crippen molar-refractivity contribution in [2.75, 3.05) is 0 Å². The zero-order valence-electron chi connectivity index (χ0n) is 25.6. The number of benzene rings is 7. The maximum Gasteiger partial charge on any atom is 0.0992 e. The lowest BCUT2D eigenvalue weighted by atomic mass is 9.70. The van der Waals surface area contributed by atoms with Gasteiger partial charge in [0.15, 0.2) is 0 Å². The number of nitriles is 2. The highest BCUT2D eigenvalue weighted by Crippen LogP contribution is 2.63. The van der Waals surface area contributed by atoms with Crippen molar-refractivity contribution in [1.82, 2.24) is 4.40 Å². The van der Waals surface area contributed by atoms with E-state index in [4.69, 9.17) is 0 Å². The topological polar surface area (TPSA) is 52.0 Å². The van der Waals surface area contributed by atoms with Crippen LogP contribution in [-0.2, 0) is 5.41 Å². The van der Waals surface area contributed by atoms with Crippen molar-refractivity contribution in [3.05, 3.63) is 173 Å². The molecule has 9 aromatic rings. The van der Waals surface area contributed by atoms with Crippen LogP contribution in [0.1, 0.15) is 33.4 Å². The first-order chi connectivity index (χ1) is 23.7. The molecule has 0 bridgehead atoms. The van der Waals surface area contributed by atoms with Crippen LogP contribution in [0.2, 0.25) is 0 Å². The minimum Gasteiger partial charge on any atom is -0.308 e. The molecule has 0 fully saturated rings. The number of aromatic nitrogens is 1. The monoisotopic (exact) mass is 605 g/mol. The van der Waals surface area contributed by atoms with E-state index in [2.05, 4.69) is 132 Å². The van der Waals surface area contributed by atoms with E-state index in [-0.39, 0.29) is 0 Å². The molecule has 1 spiro atoms. The fourth-order valence-corrected chi connectivity index (χ4v) is 9.13. The molecule has 3 nitrogen and oxygen atoms in total. The third-order valence-electron chi connectivity index (χ3n) is 11.0. The summed E-state index contributed by atoms with van der Waals surface area (Å²) in [6.07, 6.45) is 0. The first-order valence-electron chi connectivity index (χ1n) is 16.2.